The highest BCUT2D eigenvalue weighted by molar-refractivity contribution is 6.36. The number of nitrogens with zero attached hydrogens (tertiary/aromatic N) is 3. The van der Waals surface area contributed by atoms with Gasteiger partial charge in [0.25, 0.3) is 0 Å². The molecule has 108 valence electrons. The van der Waals surface area contributed by atoms with Crippen LogP contribution in [0.2, 0.25) is 10.0 Å². The molecule has 0 amide bonds. The number of aryl methyl sites for hydroxylation is 1. The highest BCUT2D eigenvalue weighted by Gasteiger charge is 2.19. The molecule has 20 heavy (non-hydrogen) atoms. The second kappa shape index (κ2) is 7.04. The summed E-state index contributed by atoms with van der Waals surface area (Å²) >= 11 is 12.4. The van der Waals surface area contributed by atoms with Crippen LogP contribution in [0.1, 0.15) is 30.8 Å². The van der Waals surface area contributed by atoms with E-state index in [1.54, 1.807) is 24.5 Å². The Kier molecular flexibility index (Phi) is 5.37. The minimum absolute atomic E-state index is 0.212. The monoisotopic (exact) mass is 313 g/mol. The van der Waals surface area contributed by atoms with E-state index in [4.69, 9.17) is 29.0 Å². The van der Waals surface area contributed by atoms with Crippen molar-refractivity contribution in [2.75, 3.05) is 0 Å². The lowest BCUT2D eigenvalue weighted by atomic mass is 10.0. The van der Waals surface area contributed by atoms with Gasteiger partial charge < -0.3 is 0 Å². The van der Waals surface area contributed by atoms with Crippen molar-refractivity contribution in [3.8, 4) is 0 Å². The maximum absolute atomic E-state index is 6.22. The lowest BCUT2D eigenvalue weighted by Gasteiger charge is -2.19. The molecule has 1 unspecified atom stereocenters. The second-order valence-electron chi connectivity index (χ2n) is 4.46. The summed E-state index contributed by atoms with van der Waals surface area (Å²) in [5, 5.41) is 5.37. The van der Waals surface area contributed by atoms with E-state index >= 15 is 0 Å². The van der Waals surface area contributed by atoms with E-state index in [1.807, 2.05) is 4.68 Å². The number of benzene rings is 1. The molecule has 1 aromatic carbocycles. The summed E-state index contributed by atoms with van der Waals surface area (Å²) in [6, 6.07) is 5.19. The van der Waals surface area contributed by atoms with E-state index in [9.17, 15) is 0 Å². The predicted molar refractivity (Wildman–Crippen MR) is 80.5 cm³/mol. The fraction of sp³-hybridized carbons (Fsp3) is 0.385. The quantitative estimate of drug-likeness (QED) is 0.635. The zero-order valence-corrected chi connectivity index (χ0v) is 12.7. The summed E-state index contributed by atoms with van der Waals surface area (Å²) in [5.41, 5.74) is 3.54. The summed E-state index contributed by atoms with van der Waals surface area (Å²) in [5.74, 6) is 6.51. The first-order chi connectivity index (χ1) is 9.67. The number of nitrogens with one attached hydrogen (secondary N) is 1. The number of rotatable bonds is 6. The number of hydrogen-bond acceptors (Lipinski definition) is 4. The standard InChI is InChI=1S/C13H17Cl2N5/c1-2-6-20-12(17-8-18-20)7-11(19-16)13-9(14)4-3-5-10(13)15/h3-5,8,11,19H,2,6-7,16H2,1H3. The fourth-order valence-electron chi connectivity index (χ4n) is 2.12. The molecule has 0 saturated heterocycles. The number of hydrazine groups is 1. The highest BCUT2D eigenvalue weighted by atomic mass is 35.5. The molecule has 2 aromatic rings. The summed E-state index contributed by atoms with van der Waals surface area (Å²) in [6.45, 7) is 2.91. The van der Waals surface area contributed by atoms with Gasteiger partial charge >= 0.3 is 0 Å². The summed E-state index contributed by atoms with van der Waals surface area (Å²) in [4.78, 5) is 4.28. The molecule has 0 fully saturated rings. The van der Waals surface area contributed by atoms with Gasteiger partial charge in [0.1, 0.15) is 12.2 Å². The van der Waals surface area contributed by atoms with Crippen molar-refractivity contribution < 1.29 is 0 Å². The largest absolute Gasteiger partial charge is 0.271 e. The van der Waals surface area contributed by atoms with Crippen LogP contribution in [-0.2, 0) is 13.0 Å². The molecule has 0 aliphatic rings. The zero-order valence-electron chi connectivity index (χ0n) is 11.2. The lowest BCUT2D eigenvalue weighted by molar-refractivity contribution is 0.499. The van der Waals surface area contributed by atoms with Gasteiger partial charge in [0.15, 0.2) is 0 Å². The van der Waals surface area contributed by atoms with Crippen LogP contribution < -0.4 is 11.3 Å². The Labute approximate surface area is 128 Å². The molecule has 0 aliphatic heterocycles. The smallest absolute Gasteiger partial charge is 0.138 e. The van der Waals surface area contributed by atoms with E-state index in [1.165, 1.54) is 0 Å². The van der Waals surface area contributed by atoms with Gasteiger partial charge in [-0.05, 0) is 18.6 Å². The summed E-state index contributed by atoms with van der Waals surface area (Å²) < 4.78 is 1.87. The normalized spacial score (nSPS) is 12.6. The Morgan fingerprint density at radius 2 is 2.05 bits per heavy atom. The minimum atomic E-state index is -0.212. The molecular formula is C13H17Cl2N5. The van der Waals surface area contributed by atoms with Crippen molar-refractivity contribution in [3.63, 3.8) is 0 Å². The molecule has 1 aromatic heterocycles. The zero-order chi connectivity index (χ0) is 14.5. The molecule has 5 nitrogen and oxygen atoms in total. The molecule has 0 bridgehead atoms. The Morgan fingerprint density at radius 1 is 1.35 bits per heavy atom. The molecule has 7 heteroatoms. The van der Waals surface area contributed by atoms with Crippen molar-refractivity contribution in [2.45, 2.75) is 32.4 Å². The van der Waals surface area contributed by atoms with Crippen LogP contribution in [0.5, 0.6) is 0 Å². The molecule has 2 rings (SSSR count). The van der Waals surface area contributed by atoms with E-state index in [-0.39, 0.29) is 6.04 Å². The van der Waals surface area contributed by atoms with Crippen molar-refractivity contribution in [2.24, 2.45) is 5.84 Å². The maximum Gasteiger partial charge on any atom is 0.138 e. The number of halogens is 2. The highest BCUT2D eigenvalue weighted by Crippen LogP contribution is 2.31. The topological polar surface area (TPSA) is 68.8 Å². The third-order valence-electron chi connectivity index (χ3n) is 3.07. The third-order valence-corrected chi connectivity index (χ3v) is 3.73. The van der Waals surface area contributed by atoms with Crippen molar-refractivity contribution in [1.82, 2.24) is 20.2 Å². The van der Waals surface area contributed by atoms with Crippen molar-refractivity contribution in [1.29, 1.82) is 0 Å². The summed E-state index contributed by atoms with van der Waals surface area (Å²) in [6.07, 6.45) is 3.11. The van der Waals surface area contributed by atoms with E-state index in [2.05, 4.69) is 22.4 Å². The Morgan fingerprint density at radius 3 is 2.65 bits per heavy atom. The van der Waals surface area contributed by atoms with Gasteiger partial charge in [-0.2, -0.15) is 5.10 Å². The Balaban J connectivity index is 2.27. The molecule has 0 saturated carbocycles. The maximum atomic E-state index is 6.22. The SMILES string of the molecule is CCCn1ncnc1CC(NN)c1c(Cl)cccc1Cl. The van der Waals surface area contributed by atoms with Crippen LogP contribution in [0.4, 0.5) is 0 Å². The first kappa shape index (κ1) is 15.3. The molecule has 1 heterocycles. The van der Waals surface area contributed by atoms with Gasteiger partial charge in [0.2, 0.25) is 0 Å². The van der Waals surface area contributed by atoms with Crippen LogP contribution in [0, 0.1) is 0 Å². The minimum Gasteiger partial charge on any atom is -0.271 e. The molecule has 0 aliphatic carbocycles. The average molecular weight is 314 g/mol. The van der Waals surface area contributed by atoms with Crippen LogP contribution in [0.25, 0.3) is 0 Å². The predicted octanol–water partition coefficient (Wildman–Crippen LogP) is 2.74. The third kappa shape index (κ3) is 3.30. The van der Waals surface area contributed by atoms with Crippen molar-refractivity contribution in [3.05, 3.63) is 46.0 Å². The number of aromatic nitrogens is 3. The van der Waals surface area contributed by atoms with Gasteiger partial charge in [0.05, 0.1) is 6.04 Å². The molecular weight excluding hydrogens is 297 g/mol. The van der Waals surface area contributed by atoms with Crippen LogP contribution in [0.15, 0.2) is 24.5 Å². The number of nitrogens with two attached hydrogens (primary N) is 1. The van der Waals surface area contributed by atoms with Crippen LogP contribution >= 0.6 is 23.2 Å². The van der Waals surface area contributed by atoms with Gasteiger partial charge in [-0.15, -0.1) is 0 Å². The van der Waals surface area contributed by atoms with Gasteiger partial charge in [-0.3, -0.25) is 16.0 Å². The van der Waals surface area contributed by atoms with Crippen LogP contribution in [-0.4, -0.2) is 14.8 Å². The molecule has 3 N–H and O–H groups in total. The van der Waals surface area contributed by atoms with Crippen LogP contribution in [0.3, 0.4) is 0 Å². The first-order valence-corrected chi connectivity index (χ1v) is 7.19. The van der Waals surface area contributed by atoms with E-state index in [0.29, 0.717) is 16.5 Å². The Hall–Kier alpha value is -1.14. The van der Waals surface area contributed by atoms with Gasteiger partial charge in [-0.1, -0.05) is 36.2 Å². The average Bonchev–Trinajstić information content (AvgIpc) is 2.85. The van der Waals surface area contributed by atoms with Gasteiger partial charge in [-0.25, -0.2) is 4.98 Å². The molecule has 1 atom stereocenters. The molecule has 0 radical (unpaired) electrons. The lowest BCUT2D eigenvalue weighted by Crippen LogP contribution is -2.31. The summed E-state index contributed by atoms with van der Waals surface area (Å²) in [7, 11) is 0. The first-order valence-electron chi connectivity index (χ1n) is 6.44. The molecule has 0 spiro atoms. The van der Waals surface area contributed by atoms with Gasteiger partial charge in [0, 0.05) is 28.6 Å². The van der Waals surface area contributed by atoms with Crippen molar-refractivity contribution >= 4 is 23.2 Å². The Bertz CT molecular complexity index is 549. The van der Waals surface area contributed by atoms with E-state index < -0.39 is 0 Å². The van der Waals surface area contributed by atoms with E-state index in [0.717, 1.165) is 24.4 Å². The number of hydrogen-bond donors (Lipinski definition) is 2. The fourth-order valence-corrected chi connectivity index (χ4v) is 2.78. The second-order valence-corrected chi connectivity index (χ2v) is 5.27.